The van der Waals surface area contributed by atoms with Crippen molar-refractivity contribution in [1.82, 2.24) is 4.57 Å². The lowest BCUT2D eigenvalue weighted by Crippen LogP contribution is -2.33. The van der Waals surface area contributed by atoms with Gasteiger partial charge in [-0.2, -0.15) is 13.2 Å². The van der Waals surface area contributed by atoms with Gasteiger partial charge in [-0.05, 0) is 12.5 Å². The molecule has 0 aromatic carbocycles. The minimum absolute atomic E-state index is 0.162. The summed E-state index contributed by atoms with van der Waals surface area (Å²) in [6.07, 6.45) is -1.77. The summed E-state index contributed by atoms with van der Waals surface area (Å²) in [6, 6.07) is -0.431. The summed E-state index contributed by atoms with van der Waals surface area (Å²) in [5, 5.41) is 0. The minimum Gasteiger partial charge on any atom is -0.361 e. The van der Waals surface area contributed by atoms with Gasteiger partial charge in [-0.25, -0.2) is 0 Å². The molecule has 0 aliphatic carbocycles. The Hall–Kier alpha value is -1.17. The Labute approximate surface area is 91.6 Å². The van der Waals surface area contributed by atoms with E-state index in [2.05, 4.69) is 0 Å². The maximum atomic E-state index is 12.6. The Bertz CT molecular complexity index is 383. The fraction of sp³-hybridized carbons (Fsp3) is 0.600. The van der Waals surface area contributed by atoms with Crippen LogP contribution in [0.2, 0.25) is 0 Å². The van der Waals surface area contributed by atoms with Crippen LogP contribution in [-0.4, -0.2) is 24.3 Å². The summed E-state index contributed by atoms with van der Waals surface area (Å²) in [5.41, 5.74) is 5.40. The van der Waals surface area contributed by atoms with Crippen molar-refractivity contribution in [3.05, 3.63) is 17.8 Å². The molecule has 2 rings (SSSR count). The summed E-state index contributed by atoms with van der Waals surface area (Å²) in [4.78, 5) is 1.82. The highest BCUT2D eigenvalue weighted by Gasteiger charge is 2.40. The fourth-order valence-electron chi connectivity index (χ4n) is 2.10. The van der Waals surface area contributed by atoms with Crippen LogP contribution in [0.1, 0.15) is 18.0 Å². The van der Waals surface area contributed by atoms with E-state index in [1.54, 1.807) is 13.2 Å². The fourth-order valence-corrected chi connectivity index (χ4v) is 2.10. The summed E-state index contributed by atoms with van der Waals surface area (Å²) >= 11 is 0. The van der Waals surface area contributed by atoms with E-state index in [1.165, 1.54) is 6.07 Å². The number of nitrogens with two attached hydrogens (primary N) is 1. The molecule has 1 aliphatic heterocycles. The van der Waals surface area contributed by atoms with Crippen molar-refractivity contribution in [2.45, 2.75) is 25.2 Å². The van der Waals surface area contributed by atoms with Crippen molar-refractivity contribution < 1.29 is 13.2 Å². The second kappa shape index (κ2) is 3.69. The molecule has 1 atom stereocenters. The first-order chi connectivity index (χ1) is 7.41. The van der Waals surface area contributed by atoms with E-state index in [0.29, 0.717) is 5.82 Å². The van der Waals surface area contributed by atoms with Crippen molar-refractivity contribution in [2.24, 2.45) is 5.73 Å². The first-order valence-electron chi connectivity index (χ1n) is 5.13. The molecule has 2 N–H and O–H groups in total. The average molecular weight is 233 g/mol. The number of fused-ring (bicyclic) bond motifs is 1. The van der Waals surface area contributed by atoms with Crippen LogP contribution < -0.4 is 10.6 Å². The monoisotopic (exact) mass is 233 g/mol. The zero-order valence-corrected chi connectivity index (χ0v) is 8.96. The van der Waals surface area contributed by atoms with Gasteiger partial charge in [0.05, 0.1) is 0 Å². The van der Waals surface area contributed by atoms with E-state index >= 15 is 0 Å². The van der Waals surface area contributed by atoms with Crippen molar-refractivity contribution in [1.29, 1.82) is 0 Å². The predicted molar refractivity (Wildman–Crippen MR) is 55.3 cm³/mol. The van der Waals surface area contributed by atoms with Crippen LogP contribution in [-0.2, 0) is 6.54 Å². The molecule has 1 unspecified atom stereocenters. The Morgan fingerprint density at radius 3 is 2.69 bits per heavy atom. The smallest absolute Gasteiger partial charge is 0.361 e. The number of nitrogens with zero attached hydrogens (tertiary/aromatic N) is 2. The standard InChI is InChI=1S/C10H14F3N3/c1-15-4-2-5-16-6-3-7(9(15)16)8(14)10(11,12)13/h3,6,8H,2,4-5,14H2,1H3. The molecule has 16 heavy (non-hydrogen) atoms. The van der Waals surface area contributed by atoms with Gasteiger partial charge in [0.1, 0.15) is 11.9 Å². The number of halogens is 3. The third kappa shape index (κ3) is 1.77. The molecule has 0 bridgehead atoms. The van der Waals surface area contributed by atoms with Gasteiger partial charge in [0, 0.05) is 31.9 Å². The lowest BCUT2D eigenvalue weighted by Gasteiger charge is -2.29. The van der Waals surface area contributed by atoms with E-state index in [0.717, 1.165) is 19.5 Å². The van der Waals surface area contributed by atoms with E-state index in [1.807, 2.05) is 9.47 Å². The highest BCUT2D eigenvalue weighted by atomic mass is 19.4. The Kier molecular flexibility index (Phi) is 2.61. The van der Waals surface area contributed by atoms with Gasteiger partial charge in [-0.1, -0.05) is 0 Å². The molecule has 0 saturated carbocycles. The minimum atomic E-state index is -4.39. The van der Waals surface area contributed by atoms with Gasteiger partial charge < -0.3 is 15.2 Å². The second-order valence-corrected chi connectivity index (χ2v) is 4.08. The molecule has 90 valence electrons. The van der Waals surface area contributed by atoms with Gasteiger partial charge in [0.2, 0.25) is 0 Å². The first kappa shape index (κ1) is 11.3. The second-order valence-electron chi connectivity index (χ2n) is 4.08. The summed E-state index contributed by atoms with van der Waals surface area (Å²) in [5.74, 6) is 0.594. The third-order valence-electron chi connectivity index (χ3n) is 2.91. The lowest BCUT2D eigenvalue weighted by atomic mass is 10.1. The number of hydrogen-bond acceptors (Lipinski definition) is 2. The lowest BCUT2D eigenvalue weighted by molar-refractivity contribution is -0.149. The summed E-state index contributed by atoms with van der Waals surface area (Å²) in [6.45, 7) is 1.52. The maximum absolute atomic E-state index is 12.6. The molecule has 1 aromatic heterocycles. The topological polar surface area (TPSA) is 34.2 Å². The number of aromatic nitrogens is 1. The van der Waals surface area contributed by atoms with Crippen LogP contribution in [0, 0.1) is 0 Å². The van der Waals surface area contributed by atoms with Crippen molar-refractivity contribution in [3.8, 4) is 0 Å². The van der Waals surface area contributed by atoms with Gasteiger partial charge in [-0.15, -0.1) is 0 Å². The summed E-state index contributed by atoms with van der Waals surface area (Å²) in [7, 11) is 1.79. The largest absolute Gasteiger partial charge is 0.407 e. The molecule has 0 fully saturated rings. The normalized spacial score (nSPS) is 18.4. The third-order valence-corrected chi connectivity index (χ3v) is 2.91. The van der Waals surface area contributed by atoms with Gasteiger partial charge in [0.25, 0.3) is 0 Å². The van der Waals surface area contributed by atoms with Gasteiger partial charge >= 0.3 is 6.18 Å². The maximum Gasteiger partial charge on any atom is 0.407 e. The molecule has 0 saturated heterocycles. The number of rotatable bonds is 1. The molecule has 1 aliphatic rings. The van der Waals surface area contributed by atoms with E-state index < -0.39 is 12.2 Å². The molecule has 2 heterocycles. The Morgan fingerprint density at radius 1 is 1.38 bits per heavy atom. The average Bonchev–Trinajstić information content (AvgIpc) is 2.60. The Morgan fingerprint density at radius 2 is 2.06 bits per heavy atom. The molecule has 0 amide bonds. The van der Waals surface area contributed by atoms with Crippen LogP contribution in [0.5, 0.6) is 0 Å². The number of alkyl halides is 3. The SMILES string of the molecule is CN1CCCn2ccc(C(N)C(F)(F)F)c21. The zero-order chi connectivity index (χ0) is 11.9. The van der Waals surface area contributed by atoms with Gasteiger partial charge in [-0.3, -0.25) is 0 Å². The van der Waals surface area contributed by atoms with E-state index in [4.69, 9.17) is 5.73 Å². The van der Waals surface area contributed by atoms with E-state index in [-0.39, 0.29) is 5.56 Å². The molecule has 0 spiro atoms. The molecule has 0 radical (unpaired) electrons. The van der Waals surface area contributed by atoms with Crippen LogP contribution in [0.3, 0.4) is 0 Å². The highest BCUT2D eigenvalue weighted by molar-refractivity contribution is 5.51. The highest BCUT2D eigenvalue weighted by Crippen LogP contribution is 2.37. The number of hydrogen-bond donors (Lipinski definition) is 1. The van der Waals surface area contributed by atoms with Crippen LogP contribution >= 0.6 is 0 Å². The number of anilines is 1. The molecule has 6 heteroatoms. The predicted octanol–water partition coefficient (Wildman–Crippen LogP) is 1.89. The molecule has 3 nitrogen and oxygen atoms in total. The van der Waals surface area contributed by atoms with Crippen molar-refractivity contribution >= 4 is 5.82 Å². The molecule has 1 aromatic rings. The van der Waals surface area contributed by atoms with Crippen molar-refractivity contribution in [3.63, 3.8) is 0 Å². The van der Waals surface area contributed by atoms with Gasteiger partial charge in [0.15, 0.2) is 0 Å². The first-order valence-corrected chi connectivity index (χ1v) is 5.13. The van der Waals surface area contributed by atoms with Crippen LogP contribution in [0.4, 0.5) is 19.0 Å². The van der Waals surface area contributed by atoms with E-state index in [9.17, 15) is 13.2 Å². The number of aryl methyl sites for hydroxylation is 1. The zero-order valence-electron chi connectivity index (χ0n) is 8.96. The van der Waals surface area contributed by atoms with Crippen LogP contribution in [0.15, 0.2) is 12.3 Å². The molecular formula is C10H14F3N3. The van der Waals surface area contributed by atoms with Crippen LogP contribution in [0.25, 0.3) is 0 Å². The van der Waals surface area contributed by atoms with Crippen molar-refractivity contribution in [2.75, 3.05) is 18.5 Å². The summed E-state index contributed by atoms with van der Waals surface area (Å²) < 4.78 is 39.5. The quantitative estimate of drug-likeness (QED) is 0.803. The molecular weight excluding hydrogens is 219 g/mol. The Balaban J connectivity index is 2.40.